The van der Waals surface area contributed by atoms with Crippen LogP contribution in [0.3, 0.4) is 0 Å². The largest absolute Gasteiger partial charge is 0.468 e. The van der Waals surface area contributed by atoms with E-state index in [1.165, 1.54) is 7.11 Å². The molecule has 5 heteroatoms. The van der Waals surface area contributed by atoms with Gasteiger partial charge in [-0.05, 0) is 38.5 Å². The van der Waals surface area contributed by atoms with Crippen molar-refractivity contribution in [3.8, 4) is 0 Å². The Hall–Kier alpha value is -2.30. The Morgan fingerprint density at radius 1 is 0.857 bits per heavy atom. The smallest absolute Gasteiger partial charge is 0.316 e. The summed E-state index contributed by atoms with van der Waals surface area (Å²) in [5, 5.41) is 0. The molecule has 28 heavy (non-hydrogen) atoms. The monoisotopic (exact) mass is 390 g/mol. The minimum atomic E-state index is -0.951. The second kappa shape index (κ2) is 18.1. The molecule has 0 bridgehead atoms. The highest BCUT2D eigenvalue weighted by atomic mass is 16.5. The number of hydrogen-bond donors (Lipinski definition) is 0. The van der Waals surface area contributed by atoms with Gasteiger partial charge in [0.25, 0.3) is 0 Å². The fraction of sp³-hybridized carbons (Fsp3) is 0.565. The molecule has 0 saturated carbocycles. The van der Waals surface area contributed by atoms with Crippen LogP contribution in [0.4, 0.5) is 0 Å². The molecule has 0 aliphatic heterocycles. The molecule has 0 heterocycles. The van der Waals surface area contributed by atoms with E-state index in [0.29, 0.717) is 12.8 Å². The number of esters is 1. The Bertz CT molecular complexity index is 557. The summed E-state index contributed by atoms with van der Waals surface area (Å²) in [5.41, 5.74) is 0. The summed E-state index contributed by atoms with van der Waals surface area (Å²) in [6.45, 7) is 2.12. The van der Waals surface area contributed by atoms with Crippen LogP contribution in [0.25, 0.3) is 0 Å². The van der Waals surface area contributed by atoms with E-state index in [4.69, 9.17) is 0 Å². The Kier molecular flexibility index (Phi) is 16.6. The molecule has 0 aliphatic carbocycles. The SMILES string of the molecule is CC/C=C\C/C=C\C/C=C\CCCCCCC(C(=O)CC(=O)C=O)C(=O)OC. The van der Waals surface area contributed by atoms with E-state index in [2.05, 4.69) is 48.1 Å². The number of rotatable bonds is 17. The van der Waals surface area contributed by atoms with Gasteiger partial charge in [0.05, 0.1) is 13.5 Å². The van der Waals surface area contributed by atoms with Gasteiger partial charge in [-0.3, -0.25) is 19.2 Å². The predicted octanol–water partition coefficient (Wildman–Crippen LogP) is 4.70. The van der Waals surface area contributed by atoms with Gasteiger partial charge in [0.15, 0.2) is 12.1 Å². The standard InChI is InChI=1S/C23H34O5/c1-3-4-5-6-7-8-9-10-11-12-13-14-15-16-17-21(23(27)28-2)22(26)18-20(25)19-24/h4-5,7-8,10-11,19,21H,3,6,9,12-18H2,1-2H3/b5-4-,8-7-,11-10-. The lowest BCUT2D eigenvalue weighted by Crippen LogP contribution is -2.27. The van der Waals surface area contributed by atoms with Gasteiger partial charge in [0.2, 0.25) is 5.78 Å². The molecule has 1 unspecified atom stereocenters. The molecule has 0 amide bonds. The third-order valence-electron chi connectivity index (χ3n) is 4.25. The normalized spacial score (nSPS) is 12.6. The van der Waals surface area contributed by atoms with Crippen molar-refractivity contribution >= 4 is 23.8 Å². The molecular formula is C23H34O5. The van der Waals surface area contributed by atoms with Crippen molar-refractivity contribution in [2.75, 3.05) is 7.11 Å². The molecule has 0 N–H and O–H groups in total. The molecule has 0 aromatic rings. The van der Waals surface area contributed by atoms with Crippen LogP contribution in [0.2, 0.25) is 0 Å². The number of unbranched alkanes of at least 4 members (excludes halogenated alkanes) is 4. The molecule has 156 valence electrons. The number of carbonyl (C=O) groups excluding carboxylic acids is 4. The summed E-state index contributed by atoms with van der Waals surface area (Å²) in [5.74, 6) is -2.93. The Labute approximate surface area is 168 Å². The van der Waals surface area contributed by atoms with Crippen LogP contribution in [0.1, 0.15) is 71.1 Å². The highest BCUT2D eigenvalue weighted by molar-refractivity contribution is 6.30. The quantitative estimate of drug-likeness (QED) is 0.0898. The Morgan fingerprint density at radius 3 is 2.07 bits per heavy atom. The second-order valence-electron chi connectivity index (χ2n) is 6.59. The average Bonchev–Trinajstić information content (AvgIpc) is 2.70. The van der Waals surface area contributed by atoms with Gasteiger partial charge < -0.3 is 4.74 Å². The first-order valence-electron chi connectivity index (χ1n) is 10.1. The Balaban J connectivity index is 3.93. The van der Waals surface area contributed by atoms with Gasteiger partial charge in [-0.25, -0.2) is 0 Å². The predicted molar refractivity (Wildman–Crippen MR) is 111 cm³/mol. The highest BCUT2D eigenvalue weighted by Gasteiger charge is 2.28. The van der Waals surface area contributed by atoms with E-state index in [1.54, 1.807) is 0 Å². The first-order chi connectivity index (χ1) is 13.6. The minimum Gasteiger partial charge on any atom is -0.468 e. The number of hydrogen-bond acceptors (Lipinski definition) is 5. The molecule has 0 radical (unpaired) electrons. The topological polar surface area (TPSA) is 77.5 Å². The van der Waals surface area contributed by atoms with Crippen molar-refractivity contribution in [3.05, 3.63) is 36.5 Å². The van der Waals surface area contributed by atoms with Crippen molar-refractivity contribution in [2.24, 2.45) is 5.92 Å². The number of carbonyl (C=O) groups is 4. The van der Waals surface area contributed by atoms with E-state index in [0.717, 1.165) is 44.9 Å². The average molecular weight is 391 g/mol. The van der Waals surface area contributed by atoms with Gasteiger partial charge in [-0.15, -0.1) is 0 Å². The van der Waals surface area contributed by atoms with Crippen molar-refractivity contribution in [2.45, 2.75) is 71.1 Å². The molecule has 5 nitrogen and oxygen atoms in total. The van der Waals surface area contributed by atoms with Crippen molar-refractivity contribution in [1.82, 2.24) is 0 Å². The van der Waals surface area contributed by atoms with Crippen LogP contribution < -0.4 is 0 Å². The molecule has 0 fully saturated rings. The molecule has 1 atom stereocenters. The van der Waals surface area contributed by atoms with Gasteiger partial charge in [-0.1, -0.05) is 62.6 Å². The van der Waals surface area contributed by atoms with E-state index in [-0.39, 0.29) is 6.29 Å². The summed E-state index contributed by atoms with van der Waals surface area (Å²) in [6, 6.07) is 0. The maximum absolute atomic E-state index is 12.0. The number of ketones is 2. The first kappa shape index (κ1) is 25.7. The summed E-state index contributed by atoms with van der Waals surface area (Å²) >= 11 is 0. The fourth-order valence-electron chi connectivity index (χ4n) is 2.68. The van der Waals surface area contributed by atoms with E-state index < -0.39 is 29.9 Å². The lowest BCUT2D eigenvalue weighted by Gasteiger charge is -2.12. The molecule has 0 spiro atoms. The zero-order valence-electron chi connectivity index (χ0n) is 17.2. The zero-order valence-corrected chi connectivity index (χ0v) is 17.2. The third-order valence-corrected chi connectivity index (χ3v) is 4.25. The maximum atomic E-state index is 12.0. The highest BCUT2D eigenvalue weighted by Crippen LogP contribution is 2.16. The molecule has 0 aromatic carbocycles. The van der Waals surface area contributed by atoms with E-state index >= 15 is 0 Å². The van der Waals surface area contributed by atoms with Crippen LogP contribution in [-0.2, 0) is 23.9 Å². The van der Waals surface area contributed by atoms with E-state index in [9.17, 15) is 19.2 Å². The van der Waals surface area contributed by atoms with Crippen LogP contribution in [-0.4, -0.2) is 30.9 Å². The van der Waals surface area contributed by atoms with Crippen LogP contribution >= 0.6 is 0 Å². The van der Waals surface area contributed by atoms with Crippen molar-refractivity contribution < 1.29 is 23.9 Å². The minimum absolute atomic E-state index is 0.110. The first-order valence-corrected chi connectivity index (χ1v) is 10.1. The van der Waals surface area contributed by atoms with Gasteiger partial charge in [0, 0.05) is 0 Å². The number of allylic oxidation sites excluding steroid dienone is 6. The summed E-state index contributed by atoms with van der Waals surface area (Å²) in [7, 11) is 1.22. The molecule has 0 aliphatic rings. The van der Waals surface area contributed by atoms with E-state index in [1.807, 2.05) is 0 Å². The van der Waals surface area contributed by atoms with Crippen molar-refractivity contribution in [3.63, 3.8) is 0 Å². The van der Waals surface area contributed by atoms with Crippen LogP contribution in [0.15, 0.2) is 36.5 Å². The van der Waals surface area contributed by atoms with Crippen LogP contribution in [0, 0.1) is 5.92 Å². The summed E-state index contributed by atoms with van der Waals surface area (Å²) in [6.07, 6.45) is 20.6. The maximum Gasteiger partial charge on any atom is 0.316 e. The molecular weight excluding hydrogens is 356 g/mol. The number of Topliss-reactive ketones (excluding diaryl/α,β-unsaturated/α-hetero) is 2. The fourth-order valence-corrected chi connectivity index (χ4v) is 2.68. The third kappa shape index (κ3) is 13.8. The number of ether oxygens (including phenoxy) is 1. The summed E-state index contributed by atoms with van der Waals surface area (Å²) in [4.78, 5) is 45.2. The number of aldehydes is 1. The van der Waals surface area contributed by atoms with Gasteiger partial charge in [-0.2, -0.15) is 0 Å². The van der Waals surface area contributed by atoms with Crippen LogP contribution in [0.5, 0.6) is 0 Å². The van der Waals surface area contributed by atoms with Gasteiger partial charge in [0.1, 0.15) is 5.92 Å². The molecule has 0 rings (SSSR count). The van der Waals surface area contributed by atoms with Gasteiger partial charge >= 0.3 is 5.97 Å². The lowest BCUT2D eigenvalue weighted by atomic mass is 9.93. The lowest BCUT2D eigenvalue weighted by molar-refractivity contribution is -0.150. The zero-order chi connectivity index (χ0) is 21.0. The molecule has 0 aromatic heterocycles. The second-order valence-corrected chi connectivity index (χ2v) is 6.59. The molecule has 0 saturated heterocycles. The van der Waals surface area contributed by atoms with Crippen molar-refractivity contribution in [1.29, 1.82) is 0 Å². The summed E-state index contributed by atoms with van der Waals surface area (Å²) < 4.78 is 4.64. The number of methoxy groups -OCH3 is 1. The Morgan fingerprint density at radius 2 is 1.46 bits per heavy atom.